The zero-order valence-electron chi connectivity index (χ0n) is 18.6. The van der Waals surface area contributed by atoms with E-state index in [-0.39, 0.29) is 36.0 Å². The number of aromatic nitrogens is 1. The Labute approximate surface area is 205 Å². The molecule has 2 heterocycles. The predicted octanol–water partition coefficient (Wildman–Crippen LogP) is 4.10. The van der Waals surface area contributed by atoms with Crippen molar-refractivity contribution >= 4 is 47.2 Å². The molecule has 0 aliphatic heterocycles. The summed E-state index contributed by atoms with van der Waals surface area (Å²) in [5.74, 6) is 1.28. The maximum Gasteiger partial charge on any atom is 0.350 e. The number of esters is 1. The Morgan fingerprint density at radius 2 is 2.16 bits per heavy atom. The highest BCUT2D eigenvalue weighted by atomic mass is 127. The third-order valence-corrected chi connectivity index (χ3v) is 5.48. The number of nitrogens with one attached hydrogen (secondary N) is 2. The molecule has 0 saturated carbocycles. The highest BCUT2D eigenvalue weighted by Crippen LogP contribution is 2.24. The van der Waals surface area contributed by atoms with E-state index in [1.54, 1.807) is 13.2 Å². The first kappa shape index (κ1) is 27.4. The van der Waals surface area contributed by atoms with Crippen LogP contribution in [0.15, 0.2) is 27.8 Å². The van der Waals surface area contributed by atoms with E-state index < -0.39 is 0 Å². The van der Waals surface area contributed by atoms with Crippen LogP contribution in [0, 0.1) is 6.92 Å². The molecule has 1 unspecified atom stereocenters. The molecule has 2 N–H and O–H groups in total. The molecule has 2 aromatic heterocycles. The Morgan fingerprint density at radius 3 is 2.84 bits per heavy atom. The fourth-order valence-electron chi connectivity index (χ4n) is 2.67. The van der Waals surface area contributed by atoms with Crippen molar-refractivity contribution in [3.8, 4) is 0 Å². The number of hydrogen-bond donors (Lipinski definition) is 2. The molecule has 0 fully saturated rings. The lowest BCUT2D eigenvalue weighted by atomic mass is 10.3. The smallest absolute Gasteiger partial charge is 0.350 e. The van der Waals surface area contributed by atoms with E-state index in [2.05, 4.69) is 20.6 Å². The number of aryl methyl sites for hydroxylation is 1. The first-order valence-corrected chi connectivity index (χ1v) is 11.2. The molecule has 0 aromatic carbocycles. The molecule has 0 radical (unpaired) electrons. The van der Waals surface area contributed by atoms with Gasteiger partial charge in [-0.05, 0) is 46.2 Å². The van der Waals surface area contributed by atoms with Gasteiger partial charge in [-0.1, -0.05) is 0 Å². The fraction of sp³-hybridized carbons (Fsp3) is 0.571. The number of nitrogens with zero attached hydrogens (tertiary/aromatic N) is 2. The predicted molar refractivity (Wildman–Crippen MR) is 134 cm³/mol. The van der Waals surface area contributed by atoms with Crippen molar-refractivity contribution in [2.24, 2.45) is 4.99 Å². The lowest BCUT2D eigenvalue weighted by molar-refractivity contribution is 0.0531. The molecular formula is C21H33IN4O4S. The van der Waals surface area contributed by atoms with Crippen molar-refractivity contribution in [3.63, 3.8) is 0 Å². The lowest BCUT2D eigenvalue weighted by Gasteiger charge is -2.16. The fourth-order valence-corrected chi connectivity index (χ4v) is 3.63. The highest BCUT2D eigenvalue weighted by molar-refractivity contribution is 14.0. The third kappa shape index (κ3) is 9.56. The highest BCUT2D eigenvalue weighted by Gasteiger charge is 2.20. The molecule has 10 heteroatoms. The number of furan rings is 1. The number of hydrogen-bond acceptors (Lipinski definition) is 7. The van der Waals surface area contributed by atoms with Crippen LogP contribution in [0.5, 0.6) is 0 Å². The van der Waals surface area contributed by atoms with Crippen LogP contribution in [-0.4, -0.2) is 49.8 Å². The summed E-state index contributed by atoms with van der Waals surface area (Å²) in [5, 5.41) is 7.53. The van der Waals surface area contributed by atoms with Crippen molar-refractivity contribution in [1.82, 2.24) is 15.6 Å². The summed E-state index contributed by atoms with van der Waals surface area (Å²) in [7, 11) is 0. The second kappa shape index (κ2) is 15.2. The van der Waals surface area contributed by atoms with Gasteiger partial charge in [0.25, 0.3) is 0 Å². The van der Waals surface area contributed by atoms with Crippen LogP contribution in [-0.2, 0) is 15.9 Å². The van der Waals surface area contributed by atoms with E-state index in [0.29, 0.717) is 49.4 Å². The largest absolute Gasteiger partial charge is 0.469 e. The zero-order valence-corrected chi connectivity index (χ0v) is 21.7. The van der Waals surface area contributed by atoms with Gasteiger partial charge in [0, 0.05) is 32.7 Å². The second-order valence-corrected chi connectivity index (χ2v) is 7.62. The molecule has 0 amide bonds. The maximum atomic E-state index is 12.1. The van der Waals surface area contributed by atoms with Gasteiger partial charge in [-0.25, -0.2) is 9.78 Å². The average Bonchev–Trinajstić information content (AvgIpc) is 3.37. The standard InChI is InChI=1S/C21H32N4O4S.HI/c1-5-27-13-8-11-22-21(23-12-10-17-9-7-14-29-17)25-16(4)19-24-15(3)18(30-19)20(26)28-6-2;/h7,9,14,16H,5-6,8,10-13H2,1-4H3,(H2,22,23,25);1H. The molecule has 174 valence electrons. The lowest BCUT2D eigenvalue weighted by Crippen LogP contribution is -2.40. The first-order chi connectivity index (χ1) is 14.5. The van der Waals surface area contributed by atoms with Crippen LogP contribution in [0.25, 0.3) is 0 Å². The quantitative estimate of drug-likeness (QED) is 0.132. The molecule has 0 aliphatic carbocycles. The van der Waals surface area contributed by atoms with Crippen LogP contribution < -0.4 is 10.6 Å². The molecule has 8 nitrogen and oxygen atoms in total. The number of guanidine groups is 1. The minimum atomic E-state index is -0.327. The zero-order chi connectivity index (χ0) is 21.8. The number of carbonyl (C=O) groups excluding carboxylic acids is 1. The van der Waals surface area contributed by atoms with Gasteiger partial charge in [-0.15, -0.1) is 35.3 Å². The molecule has 0 bridgehead atoms. The molecule has 0 aliphatic rings. The molecule has 31 heavy (non-hydrogen) atoms. The van der Waals surface area contributed by atoms with Crippen molar-refractivity contribution in [3.05, 3.63) is 39.7 Å². The molecule has 2 aromatic rings. The second-order valence-electron chi connectivity index (χ2n) is 6.59. The number of rotatable bonds is 12. The minimum absolute atomic E-state index is 0. The van der Waals surface area contributed by atoms with Gasteiger partial charge in [0.2, 0.25) is 0 Å². The van der Waals surface area contributed by atoms with Crippen LogP contribution >= 0.6 is 35.3 Å². The normalized spacial score (nSPS) is 12.2. The monoisotopic (exact) mass is 564 g/mol. The summed E-state index contributed by atoms with van der Waals surface area (Å²) in [6.45, 7) is 10.7. The summed E-state index contributed by atoms with van der Waals surface area (Å²) in [6.07, 6.45) is 3.27. The topological polar surface area (TPSA) is 98.0 Å². The first-order valence-electron chi connectivity index (χ1n) is 10.3. The molecule has 0 saturated heterocycles. The molecular weight excluding hydrogens is 531 g/mol. The van der Waals surface area contributed by atoms with Crippen LogP contribution in [0.1, 0.15) is 59.4 Å². The third-order valence-electron chi connectivity index (χ3n) is 4.16. The van der Waals surface area contributed by atoms with Gasteiger partial charge in [-0.3, -0.25) is 4.99 Å². The van der Waals surface area contributed by atoms with Crippen molar-refractivity contribution in [2.45, 2.75) is 46.6 Å². The van der Waals surface area contributed by atoms with Gasteiger partial charge in [0.15, 0.2) is 5.96 Å². The van der Waals surface area contributed by atoms with E-state index in [9.17, 15) is 4.79 Å². The summed E-state index contributed by atoms with van der Waals surface area (Å²) >= 11 is 1.35. The van der Waals surface area contributed by atoms with E-state index in [1.807, 2.05) is 32.9 Å². The number of thiazole rings is 1. The van der Waals surface area contributed by atoms with Crippen LogP contribution in [0.3, 0.4) is 0 Å². The Kier molecular flexibility index (Phi) is 13.4. The summed E-state index contributed by atoms with van der Waals surface area (Å²) < 4.78 is 15.9. The average molecular weight is 564 g/mol. The van der Waals surface area contributed by atoms with Gasteiger partial charge < -0.3 is 24.5 Å². The summed E-state index contributed by atoms with van der Waals surface area (Å²) in [6, 6.07) is 3.72. The Balaban J connectivity index is 0.00000480. The number of aliphatic imine (C=N–C) groups is 1. The maximum absolute atomic E-state index is 12.1. The SMILES string of the molecule is CCOCCCN=C(NCCc1ccco1)NC(C)c1nc(C)c(C(=O)OCC)s1.I. The number of ether oxygens (including phenoxy) is 2. The van der Waals surface area contributed by atoms with E-state index >= 15 is 0 Å². The van der Waals surface area contributed by atoms with Crippen molar-refractivity contribution in [1.29, 1.82) is 0 Å². The van der Waals surface area contributed by atoms with Gasteiger partial charge in [-0.2, -0.15) is 0 Å². The number of carbonyl (C=O) groups is 1. The van der Waals surface area contributed by atoms with Crippen LogP contribution in [0.2, 0.25) is 0 Å². The molecule has 1 atom stereocenters. The Hall–Kier alpha value is -1.66. The van der Waals surface area contributed by atoms with E-state index in [0.717, 1.165) is 23.6 Å². The van der Waals surface area contributed by atoms with Gasteiger partial charge in [0.1, 0.15) is 15.6 Å². The summed E-state index contributed by atoms with van der Waals surface area (Å²) in [4.78, 5) is 21.8. The number of halogens is 1. The Bertz CT molecular complexity index is 795. The van der Waals surface area contributed by atoms with Gasteiger partial charge in [0.05, 0.1) is 24.6 Å². The van der Waals surface area contributed by atoms with Crippen LogP contribution in [0.4, 0.5) is 0 Å². The summed E-state index contributed by atoms with van der Waals surface area (Å²) in [5.41, 5.74) is 0.683. The minimum Gasteiger partial charge on any atom is -0.469 e. The Morgan fingerprint density at radius 1 is 1.35 bits per heavy atom. The van der Waals surface area contributed by atoms with Crippen molar-refractivity contribution in [2.75, 3.05) is 32.9 Å². The van der Waals surface area contributed by atoms with Gasteiger partial charge >= 0.3 is 5.97 Å². The van der Waals surface area contributed by atoms with E-state index in [4.69, 9.17) is 13.9 Å². The molecule has 2 rings (SSSR count). The molecule has 0 spiro atoms. The van der Waals surface area contributed by atoms with Crippen molar-refractivity contribution < 1.29 is 18.7 Å². The van der Waals surface area contributed by atoms with E-state index in [1.165, 1.54) is 11.3 Å².